The second-order valence-electron chi connectivity index (χ2n) is 9.96. The Morgan fingerprint density at radius 1 is 1.09 bits per heavy atom. The minimum Gasteiger partial charge on any atom is -0.393 e. The first-order chi connectivity index (χ1) is 10.7. The van der Waals surface area contributed by atoms with Crippen molar-refractivity contribution in [1.82, 2.24) is 0 Å². The van der Waals surface area contributed by atoms with E-state index in [4.69, 9.17) is 0 Å². The van der Waals surface area contributed by atoms with Crippen molar-refractivity contribution >= 4 is 0 Å². The lowest BCUT2D eigenvalue weighted by Crippen LogP contribution is -2.68. The van der Waals surface area contributed by atoms with Crippen molar-refractivity contribution in [2.75, 3.05) is 6.61 Å². The molecule has 3 N–H and O–H groups in total. The van der Waals surface area contributed by atoms with E-state index >= 15 is 0 Å². The van der Waals surface area contributed by atoms with Gasteiger partial charge in [0, 0.05) is 11.3 Å². The van der Waals surface area contributed by atoms with Crippen LogP contribution in [0, 0.1) is 34.0 Å². The summed E-state index contributed by atoms with van der Waals surface area (Å²) < 4.78 is 0. The predicted octanol–water partition coefficient (Wildman–Crippen LogP) is 2.89. The van der Waals surface area contributed by atoms with E-state index in [1.54, 1.807) is 0 Å². The Bertz CT molecular complexity index is 541. The first-order valence-corrected chi connectivity index (χ1v) is 9.39. The molecule has 5 rings (SSSR count). The molecule has 3 heteroatoms. The molecule has 0 radical (unpaired) electrons. The van der Waals surface area contributed by atoms with E-state index in [1.165, 1.54) is 19.3 Å². The van der Waals surface area contributed by atoms with Crippen molar-refractivity contribution in [2.45, 2.75) is 71.0 Å². The standard InChI is InChI=1S/C20H32O3/c1-17(2)6-4-7-18(3)14(17)10-16(22)19-8-5-13(9-15(18)19)20(23,11-19)12-21/h5,8,13-16,21-23H,4,6-7,9-12H2,1-3H3/t13-,14-,15+,16+,18-,19+,20-/m1/s1. The van der Waals surface area contributed by atoms with Crippen LogP contribution >= 0.6 is 0 Å². The Balaban J connectivity index is 1.80. The molecule has 7 atom stereocenters. The SMILES string of the molecule is CC1(C)CCC[C@]2(C)[C@@H]1C[C@H](O)[C@]13C=C[C@H](C[C@@H]21)[C@](O)(CO)C3. The van der Waals surface area contributed by atoms with Gasteiger partial charge < -0.3 is 15.3 Å². The lowest BCUT2D eigenvalue weighted by Gasteiger charge is -2.69. The maximum absolute atomic E-state index is 11.1. The van der Waals surface area contributed by atoms with Crippen LogP contribution in [0.25, 0.3) is 0 Å². The summed E-state index contributed by atoms with van der Waals surface area (Å²) in [5.74, 6) is 1.00. The first kappa shape index (κ1) is 16.1. The first-order valence-electron chi connectivity index (χ1n) is 9.39. The summed E-state index contributed by atoms with van der Waals surface area (Å²) in [4.78, 5) is 0. The highest BCUT2D eigenvalue weighted by molar-refractivity contribution is 5.28. The highest BCUT2D eigenvalue weighted by Crippen LogP contribution is 2.70. The molecular formula is C20H32O3. The molecule has 23 heavy (non-hydrogen) atoms. The van der Waals surface area contributed by atoms with Crippen LogP contribution in [0.2, 0.25) is 0 Å². The van der Waals surface area contributed by atoms with Gasteiger partial charge in [-0.2, -0.15) is 0 Å². The Hall–Kier alpha value is -0.380. The molecule has 3 fully saturated rings. The maximum Gasteiger partial charge on any atom is 0.0948 e. The van der Waals surface area contributed by atoms with Crippen molar-refractivity contribution in [2.24, 2.45) is 34.0 Å². The highest BCUT2D eigenvalue weighted by Gasteiger charge is 2.68. The zero-order valence-corrected chi connectivity index (χ0v) is 14.8. The Kier molecular flexibility index (Phi) is 3.23. The van der Waals surface area contributed by atoms with E-state index < -0.39 is 11.7 Å². The normalized spacial score (nSPS) is 57.0. The Morgan fingerprint density at radius 3 is 2.52 bits per heavy atom. The molecule has 0 aromatic heterocycles. The molecule has 5 aliphatic rings. The molecule has 0 amide bonds. The van der Waals surface area contributed by atoms with E-state index in [0.29, 0.717) is 18.3 Å². The summed E-state index contributed by atoms with van der Waals surface area (Å²) in [5.41, 5.74) is -0.867. The molecule has 3 saturated carbocycles. The fourth-order valence-corrected chi connectivity index (χ4v) is 7.34. The molecule has 0 unspecified atom stereocenters. The van der Waals surface area contributed by atoms with Crippen molar-refractivity contribution in [3.63, 3.8) is 0 Å². The van der Waals surface area contributed by atoms with Crippen LogP contribution in [-0.2, 0) is 0 Å². The molecule has 0 saturated heterocycles. The van der Waals surface area contributed by atoms with Gasteiger partial charge in [0.1, 0.15) is 0 Å². The molecular weight excluding hydrogens is 288 g/mol. The zero-order chi connectivity index (χ0) is 16.7. The van der Waals surface area contributed by atoms with Gasteiger partial charge in [-0.25, -0.2) is 0 Å². The van der Waals surface area contributed by atoms with Gasteiger partial charge in [0.2, 0.25) is 0 Å². The minimum absolute atomic E-state index is 0.0344. The number of hydrogen-bond donors (Lipinski definition) is 3. The van der Waals surface area contributed by atoms with E-state index in [0.717, 1.165) is 12.8 Å². The van der Waals surface area contributed by atoms with Crippen LogP contribution in [0.1, 0.15) is 59.3 Å². The smallest absolute Gasteiger partial charge is 0.0948 e. The topological polar surface area (TPSA) is 60.7 Å². The van der Waals surface area contributed by atoms with Gasteiger partial charge in [0.05, 0.1) is 18.3 Å². The van der Waals surface area contributed by atoms with Crippen LogP contribution in [0.5, 0.6) is 0 Å². The summed E-state index contributed by atoms with van der Waals surface area (Å²) in [6, 6.07) is 0. The van der Waals surface area contributed by atoms with Crippen LogP contribution in [0.4, 0.5) is 0 Å². The van der Waals surface area contributed by atoms with Crippen LogP contribution in [0.3, 0.4) is 0 Å². The second-order valence-corrected chi connectivity index (χ2v) is 9.96. The fraction of sp³-hybridized carbons (Fsp3) is 0.900. The second kappa shape index (κ2) is 4.62. The number of hydrogen-bond acceptors (Lipinski definition) is 3. The van der Waals surface area contributed by atoms with Crippen molar-refractivity contribution in [3.05, 3.63) is 12.2 Å². The monoisotopic (exact) mass is 320 g/mol. The van der Waals surface area contributed by atoms with Gasteiger partial charge in [0.15, 0.2) is 0 Å². The van der Waals surface area contributed by atoms with Gasteiger partial charge in [-0.15, -0.1) is 0 Å². The third-order valence-corrected chi connectivity index (χ3v) is 8.50. The molecule has 3 nitrogen and oxygen atoms in total. The van der Waals surface area contributed by atoms with Gasteiger partial charge in [0.25, 0.3) is 0 Å². The number of aliphatic hydroxyl groups excluding tert-OH is 2. The summed E-state index contributed by atoms with van der Waals surface area (Å²) >= 11 is 0. The van der Waals surface area contributed by atoms with E-state index in [9.17, 15) is 15.3 Å². The molecule has 0 heterocycles. The third kappa shape index (κ3) is 1.88. The number of fused-ring (bicyclic) bond motifs is 2. The minimum atomic E-state index is -1.04. The summed E-state index contributed by atoms with van der Waals surface area (Å²) in [7, 11) is 0. The molecule has 0 aliphatic heterocycles. The maximum atomic E-state index is 11.1. The van der Waals surface area contributed by atoms with E-state index in [1.807, 2.05) is 0 Å². The predicted molar refractivity (Wildman–Crippen MR) is 89.7 cm³/mol. The molecule has 130 valence electrons. The molecule has 0 aromatic carbocycles. The van der Waals surface area contributed by atoms with Gasteiger partial charge in [-0.1, -0.05) is 39.3 Å². The fourth-order valence-electron chi connectivity index (χ4n) is 7.34. The quantitative estimate of drug-likeness (QED) is 0.651. The van der Waals surface area contributed by atoms with Crippen LogP contribution in [0.15, 0.2) is 12.2 Å². The van der Waals surface area contributed by atoms with E-state index in [-0.39, 0.29) is 28.8 Å². The van der Waals surface area contributed by atoms with Crippen LogP contribution in [-0.4, -0.2) is 33.6 Å². The Morgan fingerprint density at radius 2 is 1.83 bits per heavy atom. The van der Waals surface area contributed by atoms with Crippen LogP contribution < -0.4 is 0 Å². The number of aliphatic hydroxyl groups is 3. The van der Waals surface area contributed by atoms with Crippen molar-refractivity contribution < 1.29 is 15.3 Å². The zero-order valence-electron chi connectivity index (χ0n) is 14.8. The summed E-state index contributed by atoms with van der Waals surface area (Å²) in [6.45, 7) is 7.00. The van der Waals surface area contributed by atoms with Crippen molar-refractivity contribution in [3.8, 4) is 0 Å². The molecule has 0 aromatic rings. The van der Waals surface area contributed by atoms with Gasteiger partial charge >= 0.3 is 0 Å². The number of rotatable bonds is 1. The van der Waals surface area contributed by atoms with Gasteiger partial charge in [-0.3, -0.25) is 0 Å². The molecule has 5 aliphatic carbocycles. The molecule has 1 spiro atoms. The van der Waals surface area contributed by atoms with Crippen molar-refractivity contribution in [1.29, 1.82) is 0 Å². The third-order valence-electron chi connectivity index (χ3n) is 8.50. The Labute approximate surface area is 139 Å². The average Bonchev–Trinajstić information content (AvgIpc) is 2.50. The van der Waals surface area contributed by atoms with E-state index in [2.05, 4.69) is 32.9 Å². The summed E-state index contributed by atoms with van der Waals surface area (Å²) in [6.07, 6.45) is 9.90. The average molecular weight is 320 g/mol. The molecule has 2 bridgehead atoms. The highest BCUT2D eigenvalue weighted by atomic mass is 16.3. The lowest BCUT2D eigenvalue weighted by molar-refractivity contribution is -0.235. The van der Waals surface area contributed by atoms with Gasteiger partial charge in [-0.05, 0) is 54.8 Å². The largest absolute Gasteiger partial charge is 0.393 e. The lowest BCUT2D eigenvalue weighted by atomic mass is 9.36. The summed E-state index contributed by atoms with van der Waals surface area (Å²) in [5, 5.41) is 31.8.